The number of carbonyl (C=O) groups is 1. The van der Waals surface area contributed by atoms with Crippen molar-refractivity contribution >= 4 is 17.7 Å². The van der Waals surface area contributed by atoms with Gasteiger partial charge in [-0.25, -0.2) is 0 Å². The lowest BCUT2D eigenvalue weighted by molar-refractivity contribution is -0.162. The third-order valence-electron chi connectivity index (χ3n) is 5.42. The lowest BCUT2D eigenvalue weighted by atomic mass is 9.80. The number of ether oxygens (including phenoxy) is 1. The van der Waals surface area contributed by atoms with Crippen LogP contribution >= 0.6 is 11.8 Å². The van der Waals surface area contributed by atoms with Crippen molar-refractivity contribution in [3.05, 3.63) is 0 Å². The van der Waals surface area contributed by atoms with Crippen LogP contribution in [0.3, 0.4) is 0 Å². The Labute approximate surface area is 168 Å². The molecule has 0 saturated carbocycles. The highest BCUT2D eigenvalue weighted by atomic mass is 32.2. The standard InChI is InChI=1S/C23H46O2S/c1-12-21(8,9)17-22(10,11)25-19(24)18(4)15-26-23(13-2,14-3)16-20(5,6)7/h18H,12-17H2,1-11H3. The summed E-state index contributed by atoms with van der Waals surface area (Å²) in [6, 6.07) is 0. The van der Waals surface area contributed by atoms with E-state index in [2.05, 4.69) is 55.4 Å². The Hall–Kier alpha value is -0.180. The van der Waals surface area contributed by atoms with Crippen LogP contribution in [0.25, 0.3) is 0 Å². The van der Waals surface area contributed by atoms with E-state index in [1.165, 1.54) is 6.42 Å². The molecule has 0 N–H and O–H groups in total. The Morgan fingerprint density at radius 1 is 0.885 bits per heavy atom. The van der Waals surface area contributed by atoms with Gasteiger partial charge >= 0.3 is 5.97 Å². The molecule has 1 unspecified atom stereocenters. The second-order valence-corrected chi connectivity index (χ2v) is 12.2. The molecule has 0 rings (SSSR count). The van der Waals surface area contributed by atoms with Crippen molar-refractivity contribution in [2.24, 2.45) is 16.7 Å². The van der Waals surface area contributed by atoms with Crippen LogP contribution in [0.2, 0.25) is 0 Å². The first-order chi connectivity index (χ1) is 11.6. The van der Waals surface area contributed by atoms with Gasteiger partial charge in [-0.2, -0.15) is 11.8 Å². The first-order valence-corrected chi connectivity index (χ1v) is 11.5. The molecule has 3 heteroatoms. The molecular formula is C23H46O2S. The van der Waals surface area contributed by atoms with Gasteiger partial charge in [-0.05, 0) is 50.4 Å². The van der Waals surface area contributed by atoms with Gasteiger partial charge in [-0.15, -0.1) is 0 Å². The molecule has 0 aromatic rings. The molecule has 0 amide bonds. The molecule has 0 heterocycles. The number of thioether (sulfide) groups is 1. The fourth-order valence-electron chi connectivity index (χ4n) is 3.78. The number of hydrogen-bond donors (Lipinski definition) is 0. The van der Waals surface area contributed by atoms with Crippen LogP contribution in [-0.4, -0.2) is 22.1 Å². The lowest BCUT2D eigenvalue weighted by Gasteiger charge is -2.38. The molecule has 0 bridgehead atoms. The monoisotopic (exact) mass is 386 g/mol. The number of esters is 1. The van der Waals surface area contributed by atoms with Gasteiger partial charge in [0.05, 0.1) is 5.92 Å². The summed E-state index contributed by atoms with van der Waals surface area (Å²) < 4.78 is 6.17. The van der Waals surface area contributed by atoms with Gasteiger partial charge in [0.1, 0.15) is 5.60 Å². The Kier molecular flexibility index (Phi) is 9.78. The van der Waals surface area contributed by atoms with Crippen molar-refractivity contribution in [2.45, 2.75) is 119 Å². The lowest BCUT2D eigenvalue weighted by Crippen LogP contribution is -2.36. The molecule has 0 aliphatic carbocycles. The van der Waals surface area contributed by atoms with Gasteiger partial charge in [0.15, 0.2) is 0 Å². The van der Waals surface area contributed by atoms with Gasteiger partial charge in [0, 0.05) is 10.5 Å². The fourth-order valence-corrected chi connectivity index (χ4v) is 5.46. The SMILES string of the molecule is CCC(C)(C)CC(C)(C)OC(=O)C(C)CSC(CC)(CC)CC(C)(C)C. The van der Waals surface area contributed by atoms with Crippen LogP contribution < -0.4 is 0 Å². The third-order valence-corrected chi connectivity index (χ3v) is 7.42. The van der Waals surface area contributed by atoms with E-state index in [-0.39, 0.29) is 22.0 Å². The van der Waals surface area contributed by atoms with Crippen LogP contribution in [0.4, 0.5) is 0 Å². The summed E-state index contributed by atoms with van der Waals surface area (Å²) in [5, 5.41) is 0. The summed E-state index contributed by atoms with van der Waals surface area (Å²) in [5.41, 5.74) is 0.0814. The quantitative estimate of drug-likeness (QED) is 0.344. The molecule has 0 saturated heterocycles. The van der Waals surface area contributed by atoms with E-state index in [4.69, 9.17) is 4.74 Å². The number of hydrogen-bond acceptors (Lipinski definition) is 3. The molecule has 0 spiro atoms. The summed E-state index contributed by atoms with van der Waals surface area (Å²) in [5.74, 6) is 0.719. The average molecular weight is 387 g/mol. The van der Waals surface area contributed by atoms with Gasteiger partial charge in [-0.1, -0.05) is 68.7 Å². The molecule has 156 valence electrons. The Balaban J connectivity index is 4.84. The number of rotatable bonds is 11. The molecule has 26 heavy (non-hydrogen) atoms. The van der Waals surface area contributed by atoms with E-state index in [0.717, 1.165) is 31.4 Å². The molecule has 0 radical (unpaired) electrons. The Morgan fingerprint density at radius 3 is 1.77 bits per heavy atom. The fraction of sp³-hybridized carbons (Fsp3) is 0.957. The van der Waals surface area contributed by atoms with Gasteiger partial charge in [-0.3, -0.25) is 4.79 Å². The second-order valence-electron chi connectivity index (χ2n) is 10.7. The van der Waals surface area contributed by atoms with Crippen LogP contribution in [0.5, 0.6) is 0 Å². The highest BCUT2D eigenvalue weighted by Crippen LogP contribution is 2.43. The van der Waals surface area contributed by atoms with Crippen LogP contribution in [-0.2, 0) is 9.53 Å². The van der Waals surface area contributed by atoms with E-state index in [1.807, 2.05) is 32.5 Å². The maximum absolute atomic E-state index is 12.7. The van der Waals surface area contributed by atoms with Gasteiger partial charge < -0.3 is 4.74 Å². The predicted molar refractivity (Wildman–Crippen MR) is 118 cm³/mol. The van der Waals surface area contributed by atoms with E-state index in [1.54, 1.807) is 0 Å². The zero-order chi connectivity index (χ0) is 20.8. The van der Waals surface area contributed by atoms with Crippen molar-refractivity contribution in [3.63, 3.8) is 0 Å². The van der Waals surface area contributed by atoms with Crippen LogP contribution in [0, 0.1) is 16.7 Å². The molecule has 1 atom stereocenters. The van der Waals surface area contributed by atoms with Crippen LogP contribution in [0.1, 0.15) is 108 Å². The molecule has 0 aliphatic rings. The normalized spacial score (nSPS) is 15.0. The highest BCUT2D eigenvalue weighted by Gasteiger charge is 2.35. The molecule has 0 fully saturated rings. The molecule has 0 aromatic heterocycles. The van der Waals surface area contributed by atoms with E-state index in [9.17, 15) is 4.79 Å². The Morgan fingerprint density at radius 2 is 1.38 bits per heavy atom. The minimum absolute atomic E-state index is 0.0498. The van der Waals surface area contributed by atoms with E-state index >= 15 is 0 Å². The zero-order valence-electron chi connectivity index (χ0n) is 19.5. The summed E-state index contributed by atoms with van der Waals surface area (Å²) in [6.07, 6.45) is 5.43. The van der Waals surface area contributed by atoms with Crippen molar-refractivity contribution < 1.29 is 9.53 Å². The third kappa shape index (κ3) is 9.67. The Bertz CT molecular complexity index is 428. The molecule has 0 aliphatic heterocycles. The molecule has 0 aromatic carbocycles. The summed E-state index contributed by atoms with van der Waals surface area (Å²) >= 11 is 1.98. The van der Waals surface area contributed by atoms with Gasteiger partial charge in [0.25, 0.3) is 0 Å². The maximum Gasteiger partial charge on any atom is 0.310 e. The minimum Gasteiger partial charge on any atom is -0.459 e. The zero-order valence-corrected chi connectivity index (χ0v) is 20.4. The first kappa shape index (κ1) is 25.8. The summed E-state index contributed by atoms with van der Waals surface area (Å²) in [7, 11) is 0. The minimum atomic E-state index is -0.409. The number of carbonyl (C=O) groups excluding carboxylic acids is 1. The van der Waals surface area contributed by atoms with Crippen molar-refractivity contribution in [1.82, 2.24) is 0 Å². The van der Waals surface area contributed by atoms with Gasteiger partial charge in [0.2, 0.25) is 0 Å². The summed E-state index contributed by atoms with van der Waals surface area (Å²) in [6.45, 7) is 24.3. The largest absolute Gasteiger partial charge is 0.459 e. The van der Waals surface area contributed by atoms with Crippen molar-refractivity contribution in [2.75, 3.05) is 5.75 Å². The topological polar surface area (TPSA) is 26.3 Å². The molecular weight excluding hydrogens is 340 g/mol. The maximum atomic E-state index is 12.7. The second kappa shape index (κ2) is 9.85. The van der Waals surface area contributed by atoms with Crippen molar-refractivity contribution in [3.8, 4) is 0 Å². The summed E-state index contributed by atoms with van der Waals surface area (Å²) in [4.78, 5) is 12.7. The van der Waals surface area contributed by atoms with Crippen molar-refractivity contribution in [1.29, 1.82) is 0 Å². The molecule has 2 nitrogen and oxygen atoms in total. The highest BCUT2D eigenvalue weighted by molar-refractivity contribution is 8.00. The van der Waals surface area contributed by atoms with Crippen LogP contribution in [0.15, 0.2) is 0 Å². The predicted octanol–water partition coefficient (Wildman–Crippen LogP) is 7.50. The smallest absolute Gasteiger partial charge is 0.310 e. The first-order valence-electron chi connectivity index (χ1n) is 10.5. The van der Waals surface area contributed by atoms with E-state index < -0.39 is 5.60 Å². The average Bonchev–Trinajstić information content (AvgIpc) is 2.48. The van der Waals surface area contributed by atoms with E-state index in [0.29, 0.717) is 5.41 Å².